The molecule has 0 saturated heterocycles. The highest BCUT2D eigenvalue weighted by molar-refractivity contribution is 5.82. The van der Waals surface area contributed by atoms with Crippen LogP contribution in [0.25, 0.3) is 11.1 Å². The number of para-hydroxylation sites is 1. The van der Waals surface area contributed by atoms with Gasteiger partial charge in [0.25, 0.3) is 5.91 Å². The number of nitrogens with one attached hydrogen (secondary N) is 2. The van der Waals surface area contributed by atoms with Crippen LogP contribution >= 0.6 is 0 Å². The summed E-state index contributed by atoms with van der Waals surface area (Å²) in [7, 11) is 1.22. The number of carbonyl (C=O) groups is 1. The van der Waals surface area contributed by atoms with Crippen LogP contribution in [0.15, 0.2) is 60.7 Å². The number of allylic oxidation sites excluding steroid dienone is 1. The summed E-state index contributed by atoms with van der Waals surface area (Å²) in [5.74, 6) is 0.126. The number of benzene rings is 2. The lowest BCUT2D eigenvalue weighted by molar-refractivity contribution is -0.150. The fourth-order valence-electron chi connectivity index (χ4n) is 4.88. The van der Waals surface area contributed by atoms with Crippen molar-refractivity contribution in [3.8, 4) is 16.9 Å². The van der Waals surface area contributed by atoms with Gasteiger partial charge in [-0.3, -0.25) is 4.79 Å². The number of aliphatic hydroxyl groups excluding tert-OH is 4. The Balaban J connectivity index is 1.40. The Labute approximate surface area is 216 Å². The van der Waals surface area contributed by atoms with Gasteiger partial charge in [0.15, 0.2) is 6.10 Å². The van der Waals surface area contributed by atoms with Gasteiger partial charge in [-0.15, -0.1) is 0 Å². The highest BCUT2D eigenvalue weighted by atomic mass is 16.5. The normalized spacial score (nSPS) is 23.3. The van der Waals surface area contributed by atoms with Crippen LogP contribution in [0.4, 0.5) is 5.69 Å². The number of ether oxygens (including phenoxy) is 2. The van der Waals surface area contributed by atoms with Crippen LogP contribution < -0.4 is 15.4 Å². The molecule has 2 aromatic carbocycles. The molecule has 1 fully saturated rings. The molecule has 6 atom stereocenters. The van der Waals surface area contributed by atoms with Crippen molar-refractivity contribution < 1.29 is 34.7 Å². The zero-order valence-corrected chi connectivity index (χ0v) is 20.9. The van der Waals surface area contributed by atoms with Gasteiger partial charge in [-0.2, -0.15) is 0 Å². The molecular formula is C28H36N2O7. The molecule has 0 radical (unpaired) electrons. The van der Waals surface area contributed by atoms with Crippen molar-refractivity contribution in [2.24, 2.45) is 5.92 Å². The van der Waals surface area contributed by atoms with Crippen LogP contribution in [0.5, 0.6) is 5.75 Å². The number of fused-ring (bicyclic) bond motifs is 1. The Morgan fingerprint density at radius 3 is 2.51 bits per heavy atom. The third-order valence-electron chi connectivity index (χ3n) is 7.02. The van der Waals surface area contributed by atoms with E-state index in [1.807, 2.05) is 48.5 Å². The second kappa shape index (κ2) is 12.5. The summed E-state index contributed by atoms with van der Waals surface area (Å²) in [5.41, 5.74) is 2.34. The van der Waals surface area contributed by atoms with Crippen molar-refractivity contribution in [3.05, 3.63) is 60.7 Å². The van der Waals surface area contributed by atoms with E-state index >= 15 is 0 Å². The number of methoxy groups -OCH3 is 1. The summed E-state index contributed by atoms with van der Waals surface area (Å²) in [6.45, 7) is -0.0570. The first kappa shape index (κ1) is 27.1. The highest BCUT2D eigenvalue weighted by Crippen LogP contribution is 2.38. The average molecular weight is 513 g/mol. The maximum absolute atomic E-state index is 13.0. The lowest BCUT2D eigenvalue weighted by Crippen LogP contribution is -2.57. The van der Waals surface area contributed by atoms with Crippen molar-refractivity contribution in [3.63, 3.8) is 0 Å². The predicted molar refractivity (Wildman–Crippen MR) is 139 cm³/mol. The molecule has 2 aliphatic rings. The van der Waals surface area contributed by atoms with Gasteiger partial charge < -0.3 is 40.5 Å². The number of hydrogen-bond donors (Lipinski definition) is 6. The van der Waals surface area contributed by atoms with Crippen molar-refractivity contribution in [2.45, 2.75) is 62.4 Å². The predicted octanol–water partition coefficient (Wildman–Crippen LogP) is 1.81. The van der Waals surface area contributed by atoms with Crippen LogP contribution in [0.2, 0.25) is 0 Å². The molecule has 1 aliphatic carbocycles. The molecule has 2 unspecified atom stereocenters. The van der Waals surface area contributed by atoms with E-state index in [1.165, 1.54) is 13.2 Å². The second-order valence-corrected chi connectivity index (χ2v) is 9.62. The zero-order valence-electron chi connectivity index (χ0n) is 20.9. The second-order valence-electron chi connectivity index (χ2n) is 9.62. The Kier molecular flexibility index (Phi) is 9.18. The minimum absolute atomic E-state index is 0.0570. The Morgan fingerprint density at radius 2 is 1.81 bits per heavy atom. The van der Waals surface area contributed by atoms with Gasteiger partial charge in [0.1, 0.15) is 42.9 Å². The summed E-state index contributed by atoms with van der Waals surface area (Å²) < 4.78 is 11.2. The molecule has 1 heterocycles. The molecule has 1 aliphatic heterocycles. The van der Waals surface area contributed by atoms with E-state index in [0.717, 1.165) is 36.8 Å². The number of rotatable bonds is 9. The SMILES string of the molecule is CO[C@@H](C(=O)NC1COc2c(cccc2-c2ccccc2)NC1O)[C@H](O)[C@@H](O)[C@H](O)/C=C/C1CCCC1. The van der Waals surface area contributed by atoms with Crippen molar-refractivity contribution >= 4 is 11.6 Å². The molecule has 1 amide bonds. The van der Waals surface area contributed by atoms with Crippen LogP contribution in [0, 0.1) is 5.92 Å². The molecule has 0 aromatic heterocycles. The Hall–Kier alpha value is -2.95. The van der Waals surface area contributed by atoms with Gasteiger partial charge in [0.05, 0.1) is 5.69 Å². The largest absolute Gasteiger partial charge is 0.488 e. The van der Waals surface area contributed by atoms with E-state index in [1.54, 1.807) is 6.07 Å². The van der Waals surface area contributed by atoms with Crippen LogP contribution in [0.3, 0.4) is 0 Å². The van der Waals surface area contributed by atoms with Crippen LogP contribution in [-0.4, -0.2) is 76.7 Å². The number of anilines is 1. The van der Waals surface area contributed by atoms with Crippen molar-refractivity contribution in [1.82, 2.24) is 5.32 Å². The first-order chi connectivity index (χ1) is 17.9. The van der Waals surface area contributed by atoms with Gasteiger partial charge >= 0.3 is 0 Å². The summed E-state index contributed by atoms with van der Waals surface area (Å²) in [6, 6.07) is 14.3. The zero-order chi connectivity index (χ0) is 26.4. The molecule has 2 aromatic rings. The molecule has 6 N–H and O–H groups in total. The molecule has 9 heteroatoms. The molecule has 0 spiro atoms. The minimum atomic E-state index is -1.70. The standard InChI is InChI=1S/C28H36N2O7/c1-36-26(24(33)23(32)22(31)15-14-17-8-5-6-9-17)28(35)30-21-16-37-25-19(18-10-3-2-4-11-18)12-7-13-20(25)29-27(21)34/h2-4,7,10-15,17,21-24,26-27,29,31-34H,5-6,8-9,16H2,1H3,(H,30,35)/b15-14+/t21?,22-,23+,24-,26-,27?/m1/s1. The van der Waals surface area contributed by atoms with Crippen LogP contribution in [-0.2, 0) is 9.53 Å². The number of carbonyl (C=O) groups excluding carboxylic acids is 1. The van der Waals surface area contributed by atoms with Crippen molar-refractivity contribution in [2.75, 3.05) is 19.0 Å². The smallest absolute Gasteiger partial charge is 0.252 e. The van der Waals surface area contributed by atoms with E-state index in [9.17, 15) is 25.2 Å². The fourth-order valence-corrected chi connectivity index (χ4v) is 4.88. The van der Waals surface area contributed by atoms with Gasteiger partial charge in [-0.25, -0.2) is 0 Å². The molecule has 9 nitrogen and oxygen atoms in total. The lowest BCUT2D eigenvalue weighted by Gasteiger charge is -2.29. The molecule has 200 valence electrons. The minimum Gasteiger partial charge on any atom is -0.488 e. The van der Waals surface area contributed by atoms with E-state index in [-0.39, 0.29) is 6.61 Å². The molecule has 4 rings (SSSR count). The number of hydrogen-bond acceptors (Lipinski definition) is 8. The third kappa shape index (κ3) is 6.49. The van der Waals surface area contributed by atoms with Gasteiger partial charge in [-0.05, 0) is 30.4 Å². The Morgan fingerprint density at radius 1 is 1.08 bits per heavy atom. The number of aliphatic hydroxyl groups is 4. The lowest BCUT2D eigenvalue weighted by atomic mass is 9.99. The maximum Gasteiger partial charge on any atom is 0.252 e. The molecular weight excluding hydrogens is 476 g/mol. The highest BCUT2D eigenvalue weighted by Gasteiger charge is 2.37. The average Bonchev–Trinajstić information content (AvgIpc) is 3.38. The van der Waals surface area contributed by atoms with Gasteiger partial charge in [-0.1, -0.05) is 67.5 Å². The summed E-state index contributed by atoms with van der Waals surface area (Å²) >= 11 is 0. The molecule has 0 bridgehead atoms. The van der Waals surface area contributed by atoms with E-state index in [0.29, 0.717) is 17.4 Å². The molecule has 1 saturated carbocycles. The quantitative estimate of drug-likeness (QED) is 0.280. The van der Waals surface area contributed by atoms with Crippen molar-refractivity contribution in [1.29, 1.82) is 0 Å². The Bertz CT molecular complexity index is 1060. The third-order valence-corrected chi connectivity index (χ3v) is 7.02. The maximum atomic E-state index is 13.0. The topological polar surface area (TPSA) is 141 Å². The summed E-state index contributed by atoms with van der Waals surface area (Å²) in [5, 5.41) is 47.8. The van der Waals surface area contributed by atoms with Gasteiger partial charge in [0.2, 0.25) is 0 Å². The summed E-state index contributed by atoms with van der Waals surface area (Å²) in [6.07, 6.45) is 0.247. The first-order valence-corrected chi connectivity index (χ1v) is 12.7. The number of amides is 1. The van der Waals surface area contributed by atoms with Crippen LogP contribution in [0.1, 0.15) is 25.7 Å². The summed E-state index contributed by atoms with van der Waals surface area (Å²) in [4.78, 5) is 13.0. The molecule has 37 heavy (non-hydrogen) atoms. The van der Waals surface area contributed by atoms with E-state index < -0.39 is 42.6 Å². The first-order valence-electron chi connectivity index (χ1n) is 12.7. The monoisotopic (exact) mass is 512 g/mol. The van der Waals surface area contributed by atoms with E-state index in [4.69, 9.17) is 9.47 Å². The van der Waals surface area contributed by atoms with E-state index in [2.05, 4.69) is 10.6 Å². The van der Waals surface area contributed by atoms with Gasteiger partial charge in [0, 0.05) is 12.7 Å². The fraction of sp³-hybridized carbons (Fsp3) is 0.464.